The Kier molecular flexibility index (Phi) is 4.66. The summed E-state index contributed by atoms with van der Waals surface area (Å²) < 4.78 is 5.41. The van der Waals surface area contributed by atoms with Crippen LogP contribution in [0.2, 0.25) is 0 Å². The Bertz CT molecular complexity index is 440. The zero-order valence-corrected chi connectivity index (χ0v) is 11.4. The zero-order chi connectivity index (χ0) is 13.7. The Labute approximate surface area is 114 Å². The van der Waals surface area contributed by atoms with Crippen LogP contribution < -0.4 is 15.8 Å². The molecule has 0 radical (unpaired) electrons. The number of nitrogens with one attached hydrogen (secondary N) is 1. The first-order valence-corrected chi connectivity index (χ1v) is 7.04. The fourth-order valence-electron chi connectivity index (χ4n) is 2.47. The molecule has 1 fully saturated rings. The summed E-state index contributed by atoms with van der Waals surface area (Å²) in [6, 6.07) is 5.50. The molecule has 1 amide bonds. The number of hydrogen-bond donors (Lipinski definition) is 2. The second-order valence-electron chi connectivity index (χ2n) is 4.99. The van der Waals surface area contributed by atoms with Gasteiger partial charge in [0.1, 0.15) is 5.75 Å². The van der Waals surface area contributed by atoms with E-state index in [4.69, 9.17) is 10.5 Å². The van der Waals surface area contributed by atoms with Gasteiger partial charge in [0.05, 0.1) is 12.3 Å². The van der Waals surface area contributed by atoms with Gasteiger partial charge in [-0.25, -0.2) is 0 Å². The van der Waals surface area contributed by atoms with Gasteiger partial charge in [0, 0.05) is 11.6 Å². The highest BCUT2D eigenvalue weighted by Crippen LogP contribution is 2.23. The Morgan fingerprint density at radius 1 is 1.37 bits per heavy atom. The minimum absolute atomic E-state index is 0.0344. The molecule has 0 bridgehead atoms. The molecule has 1 aliphatic rings. The molecule has 0 atom stereocenters. The molecular weight excluding hydrogens is 240 g/mol. The van der Waals surface area contributed by atoms with E-state index in [1.54, 1.807) is 18.2 Å². The summed E-state index contributed by atoms with van der Waals surface area (Å²) in [4.78, 5) is 12.2. The standard InChI is InChI=1S/C15H22N2O2/c1-2-19-14-10-11(8-9-13(14)16)15(18)17-12-6-4-3-5-7-12/h8-10,12H,2-7,16H2,1H3,(H,17,18). The van der Waals surface area contributed by atoms with E-state index >= 15 is 0 Å². The van der Waals surface area contributed by atoms with E-state index in [0.717, 1.165) is 12.8 Å². The highest BCUT2D eigenvalue weighted by molar-refractivity contribution is 5.95. The average Bonchev–Trinajstić information content (AvgIpc) is 2.42. The van der Waals surface area contributed by atoms with Crippen molar-refractivity contribution in [3.8, 4) is 5.75 Å². The van der Waals surface area contributed by atoms with Crippen molar-refractivity contribution in [2.24, 2.45) is 0 Å². The van der Waals surface area contributed by atoms with Gasteiger partial charge in [0.15, 0.2) is 0 Å². The van der Waals surface area contributed by atoms with Crippen LogP contribution in [0.1, 0.15) is 49.4 Å². The summed E-state index contributed by atoms with van der Waals surface area (Å²) in [6.45, 7) is 2.44. The molecule has 0 aliphatic heterocycles. The van der Waals surface area contributed by atoms with Crippen LogP contribution in [0.5, 0.6) is 5.75 Å². The van der Waals surface area contributed by atoms with Gasteiger partial charge in [-0.05, 0) is 38.0 Å². The van der Waals surface area contributed by atoms with Crippen LogP contribution in [-0.2, 0) is 0 Å². The zero-order valence-electron chi connectivity index (χ0n) is 11.4. The molecule has 0 unspecified atom stereocenters. The van der Waals surface area contributed by atoms with Crippen LogP contribution in [0.4, 0.5) is 5.69 Å². The van der Waals surface area contributed by atoms with Crippen molar-refractivity contribution in [2.75, 3.05) is 12.3 Å². The number of nitrogen functional groups attached to an aromatic ring is 1. The molecule has 0 saturated heterocycles. The Morgan fingerprint density at radius 3 is 2.79 bits per heavy atom. The van der Waals surface area contributed by atoms with E-state index in [1.807, 2.05) is 6.92 Å². The molecule has 3 N–H and O–H groups in total. The van der Waals surface area contributed by atoms with Crippen molar-refractivity contribution in [2.45, 2.75) is 45.1 Å². The first kappa shape index (κ1) is 13.7. The molecule has 1 aliphatic carbocycles. The van der Waals surface area contributed by atoms with Crippen molar-refractivity contribution in [1.29, 1.82) is 0 Å². The van der Waals surface area contributed by atoms with Crippen molar-refractivity contribution < 1.29 is 9.53 Å². The molecule has 0 spiro atoms. The fourth-order valence-corrected chi connectivity index (χ4v) is 2.47. The van der Waals surface area contributed by atoms with Crippen LogP contribution in [0.3, 0.4) is 0 Å². The SMILES string of the molecule is CCOc1cc(C(=O)NC2CCCCC2)ccc1N. The van der Waals surface area contributed by atoms with Crippen LogP contribution in [0.15, 0.2) is 18.2 Å². The average molecular weight is 262 g/mol. The minimum atomic E-state index is -0.0344. The maximum absolute atomic E-state index is 12.2. The lowest BCUT2D eigenvalue weighted by Gasteiger charge is -2.22. The number of anilines is 1. The highest BCUT2D eigenvalue weighted by Gasteiger charge is 2.17. The van der Waals surface area contributed by atoms with Crippen LogP contribution in [0.25, 0.3) is 0 Å². The molecule has 4 nitrogen and oxygen atoms in total. The highest BCUT2D eigenvalue weighted by atomic mass is 16.5. The fraction of sp³-hybridized carbons (Fsp3) is 0.533. The first-order valence-electron chi connectivity index (χ1n) is 7.04. The third-order valence-corrected chi connectivity index (χ3v) is 3.52. The van der Waals surface area contributed by atoms with Crippen molar-refractivity contribution in [3.63, 3.8) is 0 Å². The molecule has 1 aromatic rings. The first-order chi connectivity index (χ1) is 9.20. The Morgan fingerprint density at radius 2 is 2.11 bits per heavy atom. The van der Waals surface area contributed by atoms with Crippen LogP contribution in [0, 0.1) is 0 Å². The van der Waals surface area contributed by atoms with Crippen molar-refractivity contribution >= 4 is 11.6 Å². The number of hydrogen-bond acceptors (Lipinski definition) is 3. The third kappa shape index (κ3) is 3.63. The summed E-state index contributed by atoms with van der Waals surface area (Å²) in [5.41, 5.74) is 6.98. The van der Waals surface area contributed by atoms with Gasteiger partial charge in [-0.3, -0.25) is 4.79 Å². The molecule has 0 heterocycles. The molecule has 104 valence electrons. The molecule has 2 rings (SSSR count). The minimum Gasteiger partial charge on any atom is -0.492 e. The quantitative estimate of drug-likeness (QED) is 0.820. The largest absolute Gasteiger partial charge is 0.492 e. The lowest BCUT2D eigenvalue weighted by Crippen LogP contribution is -2.36. The monoisotopic (exact) mass is 262 g/mol. The molecule has 1 aromatic carbocycles. The predicted octanol–water partition coefficient (Wildman–Crippen LogP) is 2.73. The van der Waals surface area contributed by atoms with Gasteiger partial charge < -0.3 is 15.8 Å². The van der Waals surface area contributed by atoms with E-state index < -0.39 is 0 Å². The van der Waals surface area contributed by atoms with E-state index in [1.165, 1.54) is 19.3 Å². The van der Waals surface area contributed by atoms with Crippen LogP contribution in [-0.4, -0.2) is 18.6 Å². The Balaban J connectivity index is 2.03. The lowest BCUT2D eigenvalue weighted by atomic mass is 9.95. The number of carbonyl (C=O) groups is 1. The summed E-state index contributed by atoms with van der Waals surface area (Å²) in [5, 5.41) is 3.09. The topological polar surface area (TPSA) is 64.3 Å². The number of nitrogens with two attached hydrogens (primary N) is 1. The maximum Gasteiger partial charge on any atom is 0.251 e. The van der Waals surface area contributed by atoms with Gasteiger partial charge in [-0.2, -0.15) is 0 Å². The Hall–Kier alpha value is -1.71. The number of rotatable bonds is 4. The molecular formula is C15H22N2O2. The van der Waals surface area contributed by atoms with Gasteiger partial charge in [-0.15, -0.1) is 0 Å². The number of benzene rings is 1. The van der Waals surface area contributed by atoms with Crippen molar-refractivity contribution in [3.05, 3.63) is 23.8 Å². The number of ether oxygens (including phenoxy) is 1. The second-order valence-corrected chi connectivity index (χ2v) is 4.99. The smallest absolute Gasteiger partial charge is 0.251 e. The van der Waals surface area contributed by atoms with E-state index in [2.05, 4.69) is 5.32 Å². The van der Waals surface area contributed by atoms with Gasteiger partial charge >= 0.3 is 0 Å². The van der Waals surface area contributed by atoms with Gasteiger partial charge in [0.25, 0.3) is 5.91 Å². The normalized spacial score (nSPS) is 16.1. The third-order valence-electron chi connectivity index (χ3n) is 3.52. The predicted molar refractivity (Wildman–Crippen MR) is 76.4 cm³/mol. The molecule has 4 heteroatoms. The molecule has 0 aromatic heterocycles. The molecule has 19 heavy (non-hydrogen) atoms. The maximum atomic E-state index is 12.2. The second kappa shape index (κ2) is 6.45. The van der Waals surface area contributed by atoms with E-state index in [9.17, 15) is 4.79 Å². The van der Waals surface area contributed by atoms with Gasteiger partial charge in [0.2, 0.25) is 0 Å². The van der Waals surface area contributed by atoms with Gasteiger partial charge in [-0.1, -0.05) is 19.3 Å². The van der Waals surface area contributed by atoms with E-state index in [0.29, 0.717) is 29.6 Å². The van der Waals surface area contributed by atoms with Crippen LogP contribution >= 0.6 is 0 Å². The number of amides is 1. The summed E-state index contributed by atoms with van der Waals surface area (Å²) in [7, 11) is 0. The summed E-state index contributed by atoms with van der Waals surface area (Å²) in [6.07, 6.45) is 5.86. The summed E-state index contributed by atoms with van der Waals surface area (Å²) in [5.74, 6) is 0.548. The lowest BCUT2D eigenvalue weighted by molar-refractivity contribution is 0.0927. The van der Waals surface area contributed by atoms with E-state index in [-0.39, 0.29) is 5.91 Å². The number of carbonyl (C=O) groups excluding carboxylic acids is 1. The van der Waals surface area contributed by atoms with Crippen molar-refractivity contribution in [1.82, 2.24) is 5.32 Å². The molecule has 1 saturated carbocycles. The summed E-state index contributed by atoms with van der Waals surface area (Å²) >= 11 is 0.